The fourth-order valence-corrected chi connectivity index (χ4v) is 1.13. The zero-order valence-corrected chi connectivity index (χ0v) is 9.12. The molecule has 0 aliphatic carbocycles. The van der Waals surface area contributed by atoms with Gasteiger partial charge < -0.3 is 9.84 Å². The molecule has 1 atom stereocenters. The summed E-state index contributed by atoms with van der Waals surface area (Å²) in [5, 5.41) is 9.13. The number of rotatable bonds is 3. The minimum Gasteiger partial charge on any atom is -0.467 e. The number of alkyl halides is 7. The lowest BCUT2D eigenvalue weighted by atomic mass is 9.88. The lowest BCUT2D eigenvalue weighted by Crippen LogP contribution is -2.58. The number of carbonyl (C=O) groups is 1. The average molecular weight is 286 g/mol. The molecule has 1 unspecified atom stereocenters. The molecule has 0 aliphatic heterocycles. The molecule has 3 nitrogen and oxygen atoms in total. The quantitative estimate of drug-likeness (QED) is 0.638. The number of aliphatic hydroxyl groups is 1. The Morgan fingerprint density at radius 1 is 1.06 bits per heavy atom. The van der Waals surface area contributed by atoms with Crippen LogP contribution in [-0.4, -0.2) is 41.8 Å². The number of hydrogen-bond acceptors (Lipinski definition) is 3. The molecule has 0 amide bonds. The van der Waals surface area contributed by atoms with Crippen LogP contribution >= 0.6 is 0 Å². The first-order chi connectivity index (χ1) is 7.69. The van der Waals surface area contributed by atoms with Gasteiger partial charge in [-0.05, 0) is 6.92 Å². The third-order valence-electron chi connectivity index (χ3n) is 2.11. The molecule has 18 heavy (non-hydrogen) atoms. The van der Waals surface area contributed by atoms with E-state index in [1.165, 1.54) is 0 Å². The summed E-state index contributed by atoms with van der Waals surface area (Å²) >= 11 is 0. The maximum absolute atomic E-state index is 13.2. The van der Waals surface area contributed by atoms with Gasteiger partial charge in [0.1, 0.15) is 0 Å². The molecule has 0 radical (unpaired) electrons. The van der Waals surface area contributed by atoms with Gasteiger partial charge in [-0.2, -0.15) is 26.3 Å². The van der Waals surface area contributed by atoms with Crippen molar-refractivity contribution in [2.24, 2.45) is 0 Å². The van der Waals surface area contributed by atoms with Crippen LogP contribution in [0.25, 0.3) is 0 Å². The van der Waals surface area contributed by atoms with Gasteiger partial charge >= 0.3 is 24.0 Å². The Labute approximate surface area is 96.5 Å². The highest BCUT2D eigenvalue weighted by Crippen LogP contribution is 2.50. The topological polar surface area (TPSA) is 46.5 Å². The van der Waals surface area contributed by atoms with Gasteiger partial charge in [0.2, 0.25) is 0 Å². The summed E-state index contributed by atoms with van der Waals surface area (Å²) in [4.78, 5) is 10.8. The van der Waals surface area contributed by atoms with E-state index >= 15 is 0 Å². The Bertz CT molecular complexity index is 304. The summed E-state index contributed by atoms with van der Waals surface area (Å²) in [7, 11) is 0.623. The van der Waals surface area contributed by atoms with Gasteiger partial charge in [-0.25, -0.2) is 9.18 Å². The van der Waals surface area contributed by atoms with Gasteiger partial charge in [0.05, 0.1) is 7.11 Å². The minimum absolute atomic E-state index is 0.296. The van der Waals surface area contributed by atoms with E-state index in [4.69, 9.17) is 5.11 Å². The van der Waals surface area contributed by atoms with Gasteiger partial charge in [0.25, 0.3) is 0 Å². The molecule has 0 aromatic heterocycles. The Balaban J connectivity index is 5.50. The Morgan fingerprint density at radius 3 is 1.61 bits per heavy atom. The minimum atomic E-state index is -6.33. The SMILES string of the molecule is COC(=O)C(C)(O)CC(F)(C(F)(F)F)C(F)(F)F. The van der Waals surface area contributed by atoms with Crippen molar-refractivity contribution in [1.29, 1.82) is 0 Å². The van der Waals surface area contributed by atoms with Crippen molar-refractivity contribution >= 4 is 5.97 Å². The average Bonchev–Trinajstić information content (AvgIpc) is 2.12. The highest BCUT2D eigenvalue weighted by molar-refractivity contribution is 5.78. The first kappa shape index (κ1) is 16.9. The Morgan fingerprint density at radius 2 is 1.39 bits per heavy atom. The van der Waals surface area contributed by atoms with E-state index in [1.807, 2.05) is 0 Å². The van der Waals surface area contributed by atoms with Crippen LogP contribution in [0.4, 0.5) is 30.7 Å². The molecule has 0 heterocycles. The zero-order chi connectivity index (χ0) is 15.0. The van der Waals surface area contributed by atoms with Gasteiger partial charge in [-0.1, -0.05) is 0 Å². The summed E-state index contributed by atoms with van der Waals surface area (Å²) < 4.78 is 89.8. The van der Waals surface area contributed by atoms with Crippen LogP contribution in [0.15, 0.2) is 0 Å². The van der Waals surface area contributed by atoms with Crippen molar-refractivity contribution in [3.63, 3.8) is 0 Å². The fourth-order valence-electron chi connectivity index (χ4n) is 1.13. The molecular weight excluding hydrogens is 277 g/mol. The summed E-state index contributed by atoms with van der Waals surface area (Å²) in [6, 6.07) is 0. The van der Waals surface area contributed by atoms with Crippen molar-refractivity contribution in [3.05, 3.63) is 0 Å². The molecule has 1 N–H and O–H groups in total. The lowest BCUT2D eigenvalue weighted by molar-refractivity contribution is -0.350. The number of hydrogen-bond donors (Lipinski definition) is 1. The number of esters is 1. The van der Waals surface area contributed by atoms with E-state index in [1.54, 1.807) is 0 Å². The van der Waals surface area contributed by atoms with Gasteiger partial charge in [-0.15, -0.1) is 0 Å². The van der Waals surface area contributed by atoms with Crippen LogP contribution < -0.4 is 0 Å². The van der Waals surface area contributed by atoms with Crippen molar-refractivity contribution < 1.29 is 45.4 Å². The second-order valence-corrected chi connectivity index (χ2v) is 3.74. The van der Waals surface area contributed by atoms with Gasteiger partial charge in [0.15, 0.2) is 5.60 Å². The summed E-state index contributed by atoms with van der Waals surface area (Å²) in [5.41, 5.74) is -8.98. The number of halogens is 7. The molecule has 0 fully saturated rings. The summed E-state index contributed by atoms with van der Waals surface area (Å²) in [5.74, 6) is -1.81. The van der Waals surface area contributed by atoms with E-state index in [2.05, 4.69) is 4.74 Å². The highest BCUT2D eigenvalue weighted by atomic mass is 19.4. The molecule has 10 heteroatoms. The van der Waals surface area contributed by atoms with Crippen LogP contribution in [0.2, 0.25) is 0 Å². The number of ether oxygens (including phenoxy) is 1. The molecule has 108 valence electrons. The van der Waals surface area contributed by atoms with Gasteiger partial charge in [0, 0.05) is 6.42 Å². The molecule has 0 aliphatic rings. The Hall–Kier alpha value is -1.06. The van der Waals surface area contributed by atoms with Crippen LogP contribution in [0.1, 0.15) is 13.3 Å². The van der Waals surface area contributed by atoms with E-state index in [0.717, 1.165) is 0 Å². The molecule has 0 aromatic rings. The maximum Gasteiger partial charge on any atom is 0.431 e. The number of carbonyl (C=O) groups excluding carboxylic acids is 1. The maximum atomic E-state index is 13.2. The van der Waals surface area contributed by atoms with Crippen LogP contribution in [0.5, 0.6) is 0 Å². The van der Waals surface area contributed by atoms with E-state index in [0.29, 0.717) is 14.0 Å². The van der Waals surface area contributed by atoms with Crippen LogP contribution in [-0.2, 0) is 9.53 Å². The smallest absolute Gasteiger partial charge is 0.431 e. The molecule has 0 saturated heterocycles. The lowest BCUT2D eigenvalue weighted by Gasteiger charge is -2.34. The second-order valence-electron chi connectivity index (χ2n) is 3.74. The van der Waals surface area contributed by atoms with Crippen molar-refractivity contribution in [3.8, 4) is 0 Å². The van der Waals surface area contributed by atoms with E-state index in [9.17, 15) is 35.5 Å². The zero-order valence-electron chi connectivity index (χ0n) is 9.12. The molecular formula is C8H9F7O3. The molecule has 0 aromatic carbocycles. The second kappa shape index (κ2) is 4.56. The van der Waals surface area contributed by atoms with Crippen molar-refractivity contribution in [1.82, 2.24) is 0 Å². The first-order valence-electron chi connectivity index (χ1n) is 4.32. The molecule has 0 rings (SSSR count). The van der Waals surface area contributed by atoms with Crippen molar-refractivity contribution in [2.45, 2.75) is 37.0 Å². The summed E-state index contributed by atoms with van der Waals surface area (Å²) in [6.45, 7) is 0.296. The highest BCUT2D eigenvalue weighted by Gasteiger charge is 2.74. The molecule has 0 saturated carbocycles. The largest absolute Gasteiger partial charge is 0.467 e. The van der Waals surface area contributed by atoms with Gasteiger partial charge in [-0.3, -0.25) is 0 Å². The Kier molecular flexibility index (Phi) is 4.29. The standard InChI is InChI=1S/C8H9F7O3/c1-5(17,4(16)18-2)3-6(9,7(10,11)12)8(13,14)15/h17H,3H2,1-2H3. The van der Waals surface area contributed by atoms with E-state index < -0.39 is 36.0 Å². The molecule has 0 spiro atoms. The van der Waals surface area contributed by atoms with Crippen LogP contribution in [0, 0.1) is 0 Å². The predicted molar refractivity (Wildman–Crippen MR) is 43.2 cm³/mol. The van der Waals surface area contributed by atoms with E-state index in [-0.39, 0.29) is 0 Å². The predicted octanol–water partition coefficient (Wildman–Crippen LogP) is 2.13. The summed E-state index contributed by atoms with van der Waals surface area (Å²) in [6.07, 6.45) is -15.2. The monoisotopic (exact) mass is 286 g/mol. The normalized spacial score (nSPS) is 17.2. The van der Waals surface area contributed by atoms with Crippen LogP contribution in [0.3, 0.4) is 0 Å². The third kappa shape index (κ3) is 3.03. The molecule has 0 bridgehead atoms. The first-order valence-corrected chi connectivity index (χ1v) is 4.32. The van der Waals surface area contributed by atoms with Crippen molar-refractivity contribution in [2.75, 3.05) is 7.11 Å². The number of methoxy groups -OCH3 is 1. The fraction of sp³-hybridized carbons (Fsp3) is 0.875. The third-order valence-corrected chi connectivity index (χ3v) is 2.11.